The first-order valence-corrected chi connectivity index (χ1v) is 7.64. The van der Waals surface area contributed by atoms with Crippen LogP contribution in [0.5, 0.6) is 0 Å². The number of nitrogens with one attached hydrogen (secondary N) is 1. The van der Waals surface area contributed by atoms with Gasteiger partial charge in [0.1, 0.15) is 5.50 Å². The molecular formula is C13H12N2S2. The lowest BCUT2D eigenvalue weighted by Gasteiger charge is -2.22. The zero-order chi connectivity index (χ0) is 11.2. The van der Waals surface area contributed by atoms with E-state index in [4.69, 9.17) is 0 Å². The van der Waals surface area contributed by atoms with Gasteiger partial charge >= 0.3 is 0 Å². The quantitative estimate of drug-likeness (QED) is 0.846. The van der Waals surface area contributed by atoms with Gasteiger partial charge < -0.3 is 10.2 Å². The lowest BCUT2D eigenvalue weighted by atomic mass is 10.1. The van der Waals surface area contributed by atoms with Crippen LogP contribution in [0.2, 0.25) is 0 Å². The summed E-state index contributed by atoms with van der Waals surface area (Å²) in [5.74, 6) is 1.17. The average molecular weight is 260 g/mol. The van der Waals surface area contributed by atoms with Gasteiger partial charge in [0.25, 0.3) is 0 Å². The van der Waals surface area contributed by atoms with Gasteiger partial charge in [0.15, 0.2) is 0 Å². The molecule has 0 saturated carbocycles. The molecule has 17 heavy (non-hydrogen) atoms. The molecule has 0 amide bonds. The van der Waals surface area contributed by atoms with E-state index in [0.717, 1.165) is 0 Å². The van der Waals surface area contributed by atoms with E-state index in [9.17, 15) is 0 Å². The molecule has 0 spiro atoms. The molecule has 2 nitrogen and oxygen atoms in total. The predicted molar refractivity (Wildman–Crippen MR) is 74.9 cm³/mol. The maximum Gasteiger partial charge on any atom is 0.148 e. The van der Waals surface area contributed by atoms with Crippen molar-refractivity contribution in [1.29, 1.82) is 0 Å². The fourth-order valence-electron chi connectivity index (χ4n) is 2.55. The molecule has 0 aliphatic carbocycles. The molecule has 1 aromatic heterocycles. The van der Waals surface area contributed by atoms with Gasteiger partial charge in [-0.15, -0.1) is 23.1 Å². The standard InChI is InChI=1S/C13H12N2S2/c1-2-4-12-9(3-1)10(7-16-12)11-8-17-13-14-5-6-15(11)13/h1-7,11,13-14H,8H2. The molecule has 2 atom stereocenters. The SMILES string of the molecule is C1=CN2C(N1)SCC2c1csc2ccccc12. The summed E-state index contributed by atoms with van der Waals surface area (Å²) < 4.78 is 1.40. The van der Waals surface area contributed by atoms with Gasteiger partial charge in [-0.3, -0.25) is 0 Å². The molecule has 1 aromatic carbocycles. The Morgan fingerprint density at radius 1 is 1.29 bits per heavy atom. The van der Waals surface area contributed by atoms with Crippen molar-refractivity contribution in [3.63, 3.8) is 0 Å². The highest BCUT2D eigenvalue weighted by atomic mass is 32.2. The zero-order valence-electron chi connectivity index (χ0n) is 9.17. The number of rotatable bonds is 1. The number of benzene rings is 1. The first kappa shape index (κ1) is 9.85. The molecule has 4 rings (SSSR count). The molecule has 3 heterocycles. The molecule has 4 heteroatoms. The average Bonchev–Trinajstić information content (AvgIpc) is 3.02. The number of thioether (sulfide) groups is 1. The molecule has 1 N–H and O–H groups in total. The van der Waals surface area contributed by atoms with E-state index in [-0.39, 0.29) is 0 Å². The van der Waals surface area contributed by atoms with E-state index in [1.807, 2.05) is 23.1 Å². The van der Waals surface area contributed by atoms with Crippen molar-refractivity contribution in [2.45, 2.75) is 11.5 Å². The third-order valence-corrected chi connectivity index (χ3v) is 5.58. The second-order valence-electron chi connectivity index (χ2n) is 4.32. The first-order chi connectivity index (χ1) is 8.43. The Labute approximate surface area is 108 Å². The highest BCUT2D eigenvalue weighted by molar-refractivity contribution is 8.00. The lowest BCUT2D eigenvalue weighted by Crippen LogP contribution is -2.28. The molecule has 86 valence electrons. The maximum atomic E-state index is 3.37. The second-order valence-corrected chi connectivity index (χ2v) is 6.34. The summed E-state index contributed by atoms with van der Waals surface area (Å²) in [6.45, 7) is 0. The molecule has 2 aliphatic rings. The van der Waals surface area contributed by atoms with E-state index < -0.39 is 0 Å². The van der Waals surface area contributed by atoms with Crippen molar-refractivity contribution in [2.75, 3.05) is 5.75 Å². The van der Waals surface area contributed by atoms with Crippen LogP contribution in [0, 0.1) is 0 Å². The molecule has 1 fully saturated rings. The first-order valence-electron chi connectivity index (χ1n) is 5.71. The van der Waals surface area contributed by atoms with Crippen LogP contribution in [0.1, 0.15) is 11.6 Å². The molecule has 2 aliphatic heterocycles. The molecule has 0 radical (unpaired) electrons. The van der Waals surface area contributed by atoms with Crippen molar-refractivity contribution < 1.29 is 0 Å². The summed E-state index contributed by atoms with van der Waals surface area (Å²) in [5, 5.41) is 7.11. The third-order valence-electron chi connectivity index (χ3n) is 3.40. The fourth-order valence-corrected chi connectivity index (χ4v) is 4.84. The van der Waals surface area contributed by atoms with Crippen LogP contribution in [-0.2, 0) is 0 Å². The van der Waals surface area contributed by atoms with Crippen LogP contribution in [-0.4, -0.2) is 16.2 Å². The lowest BCUT2D eigenvalue weighted by molar-refractivity contribution is 0.315. The number of hydrogen-bond donors (Lipinski definition) is 1. The van der Waals surface area contributed by atoms with Crippen LogP contribution < -0.4 is 5.32 Å². The van der Waals surface area contributed by atoms with Crippen LogP contribution in [0.4, 0.5) is 0 Å². The van der Waals surface area contributed by atoms with Crippen molar-refractivity contribution in [3.05, 3.63) is 47.6 Å². The minimum Gasteiger partial charge on any atom is -0.361 e. The van der Waals surface area contributed by atoms with E-state index in [2.05, 4.69) is 52.3 Å². The molecular weight excluding hydrogens is 248 g/mol. The summed E-state index contributed by atoms with van der Waals surface area (Å²) in [6.07, 6.45) is 4.24. The van der Waals surface area contributed by atoms with Gasteiger partial charge in [0.05, 0.1) is 6.04 Å². The Morgan fingerprint density at radius 3 is 3.24 bits per heavy atom. The van der Waals surface area contributed by atoms with E-state index in [1.54, 1.807) is 0 Å². The van der Waals surface area contributed by atoms with Crippen molar-refractivity contribution in [3.8, 4) is 0 Å². The maximum absolute atomic E-state index is 3.37. The molecule has 0 bridgehead atoms. The smallest absolute Gasteiger partial charge is 0.148 e. The molecule has 2 aromatic rings. The Bertz CT molecular complexity index is 590. The summed E-state index contributed by atoms with van der Waals surface area (Å²) in [7, 11) is 0. The van der Waals surface area contributed by atoms with E-state index in [0.29, 0.717) is 11.5 Å². The monoisotopic (exact) mass is 260 g/mol. The fraction of sp³-hybridized carbons (Fsp3) is 0.231. The van der Waals surface area contributed by atoms with Crippen LogP contribution in [0.3, 0.4) is 0 Å². The molecule has 2 unspecified atom stereocenters. The van der Waals surface area contributed by atoms with Crippen LogP contribution in [0.25, 0.3) is 10.1 Å². The number of fused-ring (bicyclic) bond motifs is 2. The van der Waals surface area contributed by atoms with Gasteiger partial charge in [-0.2, -0.15) is 0 Å². The number of hydrogen-bond acceptors (Lipinski definition) is 4. The normalized spacial score (nSPS) is 26.5. The van der Waals surface area contributed by atoms with Crippen LogP contribution >= 0.6 is 23.1 Å². The summed E-state index contributed by atoms with van der Waals surface area (Å²) in [5.41, 5.74) is 1.92. The topological polar surface area (TPSA) is 15.3 Å². The Hall–Kier alpha value is -1.13. The zero-order valence-corrected chi connectivity index (χ0v) is 10.8. The van der Waals surface area contributed by atoms with Gasteiger partial charge in [-0.25, -0.2) is 0 Å². The van der Waals surface area contributed by atoms with Crippen molar-refractivity contribution in [2.24, 2.45) is 0 Å². The second kappa shape index (κ2) is 3.68. The van der Waals surface area contributed by atoms with Gasteiger partial charge in [-0.05, 0) is 22.4 Å². The molecule has 1 saturated heterocycles. The Morgan fingerprint density at radius 2 is 2.24 bits per heavy atom. The Balaban J connectivity index is 1.81. The van der Waals surface area contributed by atoms with Crippen LogP contribution in [0.15, 0.2) is 42.0 Å². The van der Waals surface area contributed by atoms with E-state index >= 15 is 0 Å². The van der Waals surface area contributed by atoms with Gasteiger partial charge in [0.2, 0.25) is 0 Å². The highest BCUT2D eigenvalue weighted by Crippen LogP contribution is 2.43. The van der Waals surface area contributed by atoms with Crippen molar-refractivity contribution >= 4 is 33.2 Å². The van der Waals surface area contributed by atoms with Gasteiger partial charge in [-0.1, -0.05) is 18.2 Å². The summed E-state index contributed by atoms with van der Waals surface area (Å²) in [6, 6.07) is 9.22. The Kier molecular flexibility index (Phi) is 2.13. The van der Waals surface area contributed by atoms with Crippen molar-refractivity contribution in [1.82, 2.24) is 10.2 Å². The highest BCUT2D eigenvalue weighted by Gasteiger charge is 2.35. The van der Waals surface area contributed by atoms with E-state index in [1.165, 1.54) is 21.4 Å². The minimum absolute atomic E-state index is 0.443. The minimum atomic E-state index is 0.443. The summed E-state index contributed by atoms with van der Waals surface area (Å²) in [4.78, 5) is 2.43. The third kappa shape index (κ3) is 1.40. The predicted octanol–water partition coefficient (Wildman–Crippen LogP) is 3.35. The summed E-state index contributed by atoms with van der Waals surface area (Å²) >= 11 is 3.84. The number of thiophene rings is 1. The largest absolute Gasteiger partial charge is 0.361 e. The van der Waals surface area contributed by atoms with Gasteiger partial charge in [0, 0.05) is 22.9 Å². The number of nitrogens with zero attached hydrogens (tertiary/aromatic N) is 1.